The van der Waals surface area contributed by atoms with Crippen molar-refractivity contribution in [1.82, 2.24) is 0 Å². The molecule has 0 heterocycles. The summed E-state index contributed by atoms with van der Waals surface area (Å²) < 4.78 is 0. The zero-order valence-electron chi connectivity index (χ0n) is 11.0. The van der Waals surface area contributed by atoms with Gasteiger partial charge in [-0.25, -0.2) is 0 Å². The van der Waals surface area contributed by atoms with Crippen LogP contribution in [0.3, 0.4) is 0 Å². The van der Waals surface area contributed by atoms with Crippen LogP contribution < -0.4 is 5.43 Å². The number of anilines is 1. The number of hydrogen-bond donors (Lipinski definition) is 1. The standard InChI is InChI=1S/C14H11Cl2N3O2/c1-9(13-7-10(15)5-6-14(13)16)17-18-11-3-2-4-12(8-11)19(20)21/h2-8,18H,1H3. The first kappa shape index (κ1) is 15.3. The van der Waals surface area contributed by atoms with Gasteiger partial charge >= 0.3 is 0 Å². The van der Waals surface area contributed by atoms with Crippen LogP contribution in [0.15, 0.2) is 47.6 Å². The molecular formula is C14H11Cl2N3O2. The van der Waals surface area contributed by atoms with E-state index in [0.717, 1.165) is 0 Å². The van der Waals surface area contributed by atoms with E-state index in [0.29, 0.717) is 27.0 Å². The van der Waals surface area contributed by atoms with E-state index in [9.17, 15) is 10.1 Å². The molecule has 2 rings (SSSR count). The summed E-state index contributed by atoms with van der Waals surface area (Å²) >= 11 is 12.0. The van der Waals surface area contributed by atoms with Crippen molar-refractivity contribution in [2.45, 2.75) is 6.92 Å². The molecule has 0 saturated carbocycles. The predicted octanol–water partition coefficient (Wildman–Crippen LogP) is 4.74. The first-order valence-electron chi connectivity index (χ1n) is 5.97. The molecule has 0 aliphatic carbocycles. The second-order valence-corrected chi connectivity index (χ2v) is 5.08. The van der Waals surface area contributed by atoms with E-state index >= 15 is 0 Å². The number of hydrazone groups is 1. The Labute approximate surface area is 131 Å². The van der Waals surface area contributed by atoms with Crippen LogP contribution in [0.1, 0.15) is 12.5 Å². The van der Waals surface area contributed by atoms with Crippen molar-refractivity contribution < 1.29 is 4.92 Å². The molecular weight excluding hydrogens is 313 g/mol. The smallest absolute Gasteiger partial charge is 0.271 e. The summed E-state index contributed by atoms with van der Waals surface area (Å²) in [5, 5.41) is 16.0. The Morgan fingerprint density at radius 1 is 1.24 bits per heavy atom. The molecule has 5 nitrogen and oxygen atoms in total. The molecule has 0 aliphatic heterocycles. The maximum absolute atomic E-state index is 10.7. The zero-order chi connectivity index (χ0) is 15.4. The Morgan fingerprint density at radius 3 is 2.71 bits per heavy atom. The third-order valence-corrected chi connectivity index (χ3v) is 3.29. The molecule has 2 aromatic carbocycles. The lowest BCUT2D eigenvalue weighted by Crippen LogP contribution is -2.01. The minimum absolute atomic E-state index is 0.00589. The summed E-state index contributed by atoms with van der Waals surface area (Å²) in [6.45, 7) is 1.77. The average molecular weight is 324 g/mol. The number of non-ortho nitro benzene ring substituents is 1. The van der Waals surface area contributed by atoms with Crippen LogP contribution in [0, 0.1) is 10.1 Å². The maximum Gasteiger partial charge on any atom is 0.271 e. The molecule has 0 unspecified atom stereocenters. The lowest BCUT2D eigenvalue weighted by atomic mass is 10.1. The van der Waals surface area contributed by atoms with Crippen LogP contribution in [0.4, 0.5) is 11.4 Å². The molecule has 0 fully saturated rings. The van der Waals surface area contributed by atoms with Crippen molar-refractivity contribution in [2.24, 2.45) is 5.10 Å². The number of benzene rings is 2. The van der Waals surface area contributed by atoms with Crippen LogP contribution in [-0.2, 0) is 0 Å². The summed E-state index contributed by atoms with van der Waals surface area (Å²) in [7, 11) is 0. The molecule has 0 aliphatic rings. The van der Waals surface area contributed by atoms with Crippen molar-refractivity contribution in [1.29, 1.82) is 0 Å². The van der Waals surface area contributed by atoms with Gasteiger partial charge in [0.15, 0.2) is 0 Å². The first-order valence-corrected chi connectivity index (χ1v) is 6.73. The molecule has 0 aromatic heterocycles. The van der Waals surface area contributed by atoms with Gasteiger partial charge in [0.2, 0.25) is 0 Å². The fourth-order valence-corrected chi connectivity index (χ4v) is 2.10. The van der Waals surface area contributed by atoms with Crippen molar-refractivity contribution in [3.63, 3.8) is 0 Å². The summed E-state index contributed by atoms with van der Waals surface area (Å²) in [5.74, 6) is 0. The molecule has 2 aromatic rings. The molecule has 0 radical (unpaired) electrons. The Morgan fingerprint density at radius 2 is 2.00 bits per heavy atom. The minimum atomic E-state index is -0.463. The third kappa shape index (κ3) is 3.93. The molecule has 1 N–H and O–H groups in total. The number of halogens is 2. The van der Waals surface area contributed by atoms with Crippen LogP contribution in [0.5, 0.6) is 0 Å². The summed E-state index contributed by atoms with van der Waals surface area (Å²) in [6, 6.07) is 11.2. The normalized spacial score (nSPS) is 11.3. The van der Waals surface area contributed by atoms with E-state index in [-0.39, 0.29) is 5.69 Å². The topological polar surface area (TPSA) is 67.5 Å². The predicted molar refractivity (Wildman–Crippen MR) is 85.4 cm³/mol. The van der Waals surface area contributed by atoms with E-state index < -0.39 is 4.92 Å². The molecule has 7 heteroatoms. The van der Waals surface area contributed by atoms with Crippen molar-refractivity contribution in [2.75, 3.05) is 5.43 Å². The van der Waals surface area contributed by atoms with Crippen LogP contribution in [0.2, 0.25) is 10.0 Å². The number of rotatable bonds is 4. The van der Waals surface area contributed by atoms with Gasteiger partial charge in [0.25, 0.3) is 5.69 Å². The molecule has 21 heavy (non-hydrogen) atoms. The summed E-state index contributed by atoms with van der Waals surface area (Å²) in [6.07, 6.45) is 0. The van der Waals surface area contributed by atoms with E-state index in [1.54, 1.807) is 37.3 Å². The number of nitro groups is 1. The van der Waals surface area contributed by atoms with E-state index in [4.69, 9.17) is 23.2 Å². The van der Waals surface area contributed by atoms with E-state index in [1.165, 1.54) is 12.1 Å². The molecule has 0 saturated heterocycles. The Kier molecular flexibility index (Phi) is 4.77. The molecule has 0 amide bonds. The molecule has 108 valence electrons. The van der Waals surface area contributed by atoms with Crippen LogP contribution in [0.25, 0.3) is 0 Å². The SMILES string of the molecule is CC(=NNc1cccc([N+](=O)[O-])c1)c1cc(Cl)ccc1Cl. The highest BCUT2D eigenvalue weighted by Gasteiger charge is 2.07. The largest absolute Gasteiger partial charge is 0.278 e. The highest BCUT2D eigenvalue weighted by Crippen LogP contribution is 2.22. The maximum atomic E-state index is 10.7. The number of nitrogens with one attached hydrogen (secondary N) is 1. The number of nitrogens with zero attached hydrogens (tertiary/aromatic N) is 2. The quantitative estimate of drug-likeness (QED) is 0.502. The van der Waals surface area contributed by atoms with E-state index in [2.05, 4.69) is 10.5 Å². The van der Waals surface area contributed by atoms with E-state index in [1.807, 2.05) is 0 Å². The van der Waals surface area contributed by atoms with Gasteiger partial charge in [-0.15, -0.1) is 0 Å². The lowest BCUT2D eigenvalue weighted by molar-refractivity contribution is -0.384. The fourth-order valence-electron chi connectivity index (χ4n) is 1.67. The first-order chi connectivity index (χ1) is 9.97. The Hall–Kier alpha value is -2.11. The Bertz CT molecular complexity index is 717. The third-order valence-electron chi connectivity index (χ3n) is 2.73. The van der Waals surface area contributed by atoms with Gasteiger partial charge < -0.3 is 0 Å². The highest BCUT2D eigenvalue weighted by atomic mass is 35.5. The van der Waals surface area contributed by atoms with Gasteiger partial charge in [-0.2, -0.15) is 5.10 Å². The van der Waals surface area contributed by atoms with Gasteiger partial charge in [0.05, 0.1) is 16.3 Å². The van der Waals surface area contributed by atoms with Gasteiger partial charge in [-0.1, -0.05) is 29.3 Å². The monoisotopic (exact) mass is 323 g/mol. The fraction of sp³-hybridized carbons (Fsp3) is 0.0714. The summed E-state index contributed by atoms with van der Waals surface area (Å²) in [5.41, 5.74) is 4.59. The zero-order valence-corrected chi connectivity index (χ0v) is 12.5. The van der Waals surface area contributed by atoms with Crippen molar-refractivity contribution in [3.05, 3.63) is 68.2 Å². The minimum Gasteiger partial charge on any atom is -0.278 e. The summed E-state index contributed by atoms with van der Waals surface area (Å²) in [4.78, 5) is 10.2. The van der Waals surface area contributed by atoms with Crippen molar-refractivity contribution >= 4 is 40.3 Å². The Balaban J connectivity index is 2.22. The van der Waals surface area contributed by atoms with Crippen LogP contribution >= 0.6 is 23.2 Å². The van der Waals surface area contributed by atoms with Crippen LogP contribution in [-0.4, -0.2) is 10.6 Å². The number of hydrogen-bond acceptors (Lipinski definition) is 4. The molecule has 0 spiro atoms. The second-order valence-electron chi connectivity index (χ2n) is 4.24. The van der Waals surface area contributed by atoms with Gasteiger partial charge in [-0.3, -0.25) is 15.5 Å². The average Bonchev–Trinajstić information content (AvgIpc) is 2.47. The van der Waals surface area contributed by atoms with Gasteiger partial charge in [0, 0.05) is 27.7 Å². The van der Waals surface area contributed by atoms with Crippen molar-refractivity contribution in [3.8, 4) is 0 Å². The molecule has 0 atom stereocenters. The second kappa shape index (κ2) is 6.56. The molecule has 0 bridgehead atoms. The van der Waals surface area contributed by atoms with Gasteiger partial charge in [0.1, 0.15) is 0 Å². The van der Waals surface area contributed by atoms with Gasteiger partial charge in [-0.05, 0) is 31.2 Å². The highest BCUT2D eigenvalue weighted by molar-refractivity contribution is 6.36. The lowest BCUT2D eigenvalue weighted by Gasteiger charge is -2.06. The number of nitro benzene ring substituents is 1.